The first-order valence-corrected chi connectivity index (χ1v) is 7.48. The van der Waals surface area contributed by atoms with Crippen LogP contribution in [0, 0.1) is 0 Å². The highest BCUT2D eigenvalue weighted by Gasteiger charge is 2.33. The van der Waals surface area contributed by atoms with E-state index in [0.29, 0.717) is 30.2 Å². The van der Waals surface area contributed by atoms with Crippen LogP contribution < -0.4 is 19.1 Å². The molecule has 5 nitrogen and oxygen atoms in total. The average molecular weight is 313 g/mol. The third-order valence-electron chi connectivity index (χ3n) is 3.88. The van der Waals surface area contributed by atoms with Gasteiger partial charge in [-0.05, 0) is 42.8 Å². The fourth-order valence-electron chi connectivity index (χ4n) is 2.81. The van der Waals surface area contributed by atoms with E-state index in [1.54, 1.807) is 19.1 Å². The van der Waals surface area contributed by atoms with Gasteiger partial charge in [0.05, 0.1) is 32.9 Å². The molecule has 0 saturated carbocycles. The number of hydrogen-bond donors (Lipinski definition) is 0. The van der Waals surface area contributed by atoms with Gasteiger partial charge >= 0.3 is 0 Å². The zero-order valence-electron chi connectivity index (χ0n) is 13.5. The second kappa shape index (κ2) is 6.20. The highest BCUT2D eigenvalue weighted by molar-refractivity contribution is 6.12. The molecule has 23 heavy (non-hydrogen) atoms. The summed E-state index contributed by atoms with van der Waals surface area (Å²) in [5.41, 5.74) is 2.33. The van der Waals surface area contributed by atoms with Crippen LogP contribution in [0.5, 0.6) is 17.2 Å². The van der Waals surface area contributed by atoms with Crippen LogP contribution in [0.2, 0.25) is 0 Å². The van der Waals surface area contributed by atoms with E-state index >= 15 is 0 Å². The molecule has 2 aromatic carbocycles. The third-order valence-corrected chi connectivity index (χ3v) is 3.88. The van der Waals surface area contributed by atoms with Crippen LogP contribution in [0.25, 0.3) is 0 Å². The summed E-state index contributed by atoms with van der Waals surface area (Å²) in [4.78, 5) is 14.5. The number of benzene rings is 2. The van der Waals surface area contributed by atoms with Crippen LogP contribution >= 0.6 is 0 Å². The van der Waals surface area contributed by atoms with Crippen molar-refractivity contribution >= 4 is 11.6 Å². The van der Waals surface area contributed by atoms with Crippen molar-refractivity contribution in [2.24, 2.45) is 0 Å². The van der Waals surface area contributed by atoms with Gasteiger partial charge in [-0.25, -0.2) is 0 Å². The van der Waals surface area contributed by atoms with Gasteiger partial charge in [-0.2, -0.15) is 0 Å². The van der Waals surface area contributed by atoms with Crippen molar-refractivity contribution in [1.82, 2.24) is 0 Å². The zero-order chi connectivity index (χ0) is 16.4. The van der Waals surface area contributed by atoms with Gasteiger partial charge in [-0.1, -0.05) is 6.07 Å². The molecule has 0 aliphatic carbocycles. The lowest BCUT2D eigenvalue weighted by molar-refractivity contribution is 0.0993. The maximum absolute atomic E-state index is 12.8. The fraction of sp³-hybridized carbons (Fsp3) is 0.278. The summed E-state index contributed by atoms with van der Waals surface area (Å²) in [6.07, 6.45) is 0. The minimum atomic E-state index is -0.0834. The van der Waals surface area contributed by atoms with Crippen molar-refractivity contribution in [2.45, 2.75) is 13.5 Å². The Morgan fingerprint density at radius 1 is 1.04 bits per heavy atom. The second-order valence-electron chi connectivity index (χ2n) is 5.15. The van der Waals surface area contributed by atoms with Gasteiger partial charge < -0.3 is 19.1 Å². The molecule has 0 aromatic heterocycles. The van der Waals surface area contributed by atoms with E-state index in [2.05, 4.69) is 0 Å². The molecule has 0 unspecified atom stereocenters. The highest BCUT2D eigenvalue weighted by Crippen LogP contribution is 2.39. The van der Waals surface area contributed by atoms with Crippen LogP contribution in [0.15, 0.2) is 36.4 Å². The van der Waals surface area contributed by atoms with Crippen molar-refractivity contribution in [1.29, 1.82) is 0 Å². The van der Waals surface area contributed by atoms with Crippen LogP contribution in [-0.2, 0) is 6.54 Å². The van der Waals surface area contributed by atoms with E-state index in [4.69, 9.17) is 14.2 Å². The number of methoxy groups -OCH3 is 2. The SMILES string of the molecule is CCOc1ccc(N2Cc3ccc(OC)c(OC)c3C2=O)cc1. The summed E-state index contributed by atoms with van der Waals surface area (Å²) in [7, 11) is 3.11. The third kappa shape index (κ3) is 2.59. The lowest BCUT2D eigenvalue weighted by Gasteiger charge is -2.16. The number of carbonyl (C=O) groups excluding carboxylic acids is 1. The molecule has 0 saturated heterocycles. The number of amides is 1. The molecule has 0 spiro atoms. The predicted octanol–water partition coefficient (Wildman–Crippen LogP) is 3.26. The van der Waals surface area contributed by atoms with Crippen LogP contribution in [0.4, 0.5) is 5.69 Å². The number of nitrogens with zero attached hydrogens (tertiary/aromatic N) is 1. The molecule has 0 N–H and O–H groups in total. The molecule has 0 atom stereocenters. The van der Waals surface area contributed by atoms with Crippen molar-refractivity contribution in [3.63, 3.8) is 0 Å². The van der Waals surface area contributed by atoms with Crippen molar-refractivity contribution in [3.8, 4) is 17.2 Å². The minimum Gasteiger partial charge on any atom is -0.494 e. The smallest absolute Gasteiger partial charge is 0.262 e. The van der Waals surface area contributed by atoms with E-state index in [1.807, 2.05) is 43.3 Å². The molecular formula is C18H19NO4. The van der Waals surface area contributed by atoms with Gasteiger partial charge in [-0.3, -0.25) is 4.79 Å². The molecular weight excluding hydrogens is 294 g/mol. The number of rotatable bonds is 5. The Morgan fingerprint density at radius 3 is 2.39 bits per heavy atom. The quantitative estimate of drug-likeness (QED) is 0.850. The topological polar surface area (TPSA) is 48.0 Å². The number of fused-ring (bicyclic) bond motifs is 1. The molecule has 0 bridgehead atoms. The number of hydrogen-bond acceptors (Lipinski definition) is 4. The number of anilines is 1. The maximum Gasteiger partial charge on any atom is 0.262 e. The van der Waals surface area contributed by atoms with Crippen molar-refractivity contribution in [2.75, 3.05) is 25.7 Å². The van der Waals surface area contributed by atoms with E-state index in [1.165, 1.54) is 0 Å². The van der Waals surface area contributed by atoms with E-state index in [-0.39, 0.29) is 5.91 Å². The monoisotopic (exact) mass is 313 g/mol. The zero-order valence-corrected chi connectivity index (χ0v) is 13.5. The Kier molecular flexibility index (Phi) is 4.10. The van der Waals surface area contributed by atoms with E-state index in [9.17, 15) is 4.79 Å². The summed E-state index contributed by atoms with van der Waals surface area (Å²) < 4.78 is 16.1. The lowest BCUT2D eigenvalue weighted by atomic mass is 10.1. The predicted molar refractivity (Wildman–Crippen MR) is 87.7 cm³/mol. The average Bonchev–Trinajstić information content (AvgIpc) is 2.92. The Balaban J connectivity index is 1.94. The Hall–Kier alpha value is -2.69. The first-order valence-electron chi connectivity index (χ1n) is 7.48. The van der Waals surface area contributed by atoms with Crippen LogP contribution in [-0.4, -0.2) is 26.7 Å². The lowest BCUT2D eigenvalue weighted by Crippen LogP contribution is -2.23. The summed E-state index contributed by atoms with van der Waals surface area (Å²) in [6, 6.07) is 11.2. The van der Waals surface area contributed by atoms with Gasteiger partial charge in [0.15, 0.2) is 11.5 Å². The highest BCUT2D eigenvalue weighted by atomic mass is 16.5. The molecule has 1 heterocycles. The maximum atomic E-state index is 12.8. The molecule has 5 heteroatoms. The largest absolute Gasteiger partial charge is 0.494 e. The van der Waals surface area contributed by atoms with Gasteiger partial charge in [0.1, 0.15) is 5.75 Å². The van der Waals surface area contributed by atoms with Crippen LogP contribution in [0.1, 0.15) is 22.8 Å². The Morgan fingerprint density at radius 2 is 1.78 bits per heavy atom. The summed E-state index contributed by atoms with van der Waals surface area (Å²) in [6.45, 7) is 3.07. The summed E-state index contributed by atoms with van der Waals surface area (Å²) in [5.74, 6) is 1.76. The number of ether oxygens (including phenoxy) is 3. The first-order chi connectivity index (χ1) is 11.2. The van der Waals surface area contributed by atoms with E-state index in [0.717, 1.165) is 17.0 Å². The van der Waals surface area contributed by atoms with Crippen molar-refractivity contribution < 1.29 is 19.0 Å². The first kappa shape index (κ1) is 15.2. The Labute approximate surface area is 135 Å². The molecule has 1 aliphatic rings. The standard InChI is InChI=1S/C18H19NO4/c1-4-23-14-8-6-13(7-9-14)19-11-12-5-10-15(21-2)17(22-3)16(12)18(19)20/h5-10H,4,11H2,1-3H3. The minimum absolute atomic E-state index is 0.0834. The second-order valence-corrected chi connectivity index (χ2v) is 5.15. The normalized spacial score (nSPS) is 13.0. The summed E-state index contributed by atoms with van der Waals surface area (Å²) >= 11 is 0. The molecule has 1 amide bonds. The molecule has 1 aliphatic heterocycles. The molecule has 3 rings (SSSR count). The molecule has 2 aromatic rings. The summed E-state index contributed by atoms with van der Waals surface area (Å²) in [5, 5.41) is 0. The molecule has 0 fully saturated rings. The van der Waals surface area contributed by atoms with Gasteiger partial charge in [0.2, 0.25) is 0 Å². The molecule has 0 radical (unpaired) electrons. The van der Waals surface area contributed by atoms with Crippen LogP contribution in [0.3, 0.4) is 0 Å². The van der Waals surface area contributed by atoms with Gasteiger partial charge in [0, 0.05) is 5.69 Å². The fourth-order valence-corrected chi connectivity index (χ4v) is 2.81. The molecule has 120 valence electrons. The van der Waals surface area contributed by atoms with Crippen molar-refractivity contribution in [3.05, 3.63) is 47.5 Å². The number of carbonyl (C=O) groups is 1. The van der Waals surface area contributed by atoms with E-state index < -0.39 is 0 Å². The Bertz CT molecular complexity index is 725. The van der Waals surface area contributed by atoms with Gasteiger partial charge in [-0.15, -0.1) is 0 Å². The van der Waals surface area contributed by atoms with Gasteiger partial charge in [0.25, 0.3) is 5.91 Å².